The van der Waals surface area contributed by atoms with Crippen molar-refractivity contribution in [1.82, 2.24) is 4.90 Å². The standard InChI is InChI=1S/C15H19BrClNO3/c16-13-10-12(17)1-2-14(13)21-8-7-18-5-3-11(4-6-18)9-15(19)20/h1-2,10-11H,3-9H2,(H,19,20). The number of benzene rings is 1. The van der Waals surface area contributed by atoms with E-state index in [2.05, 4.69) is 20.8 Å². The summed E-state index contributed by atoms with van der Waals surface area (Å²) in [4.78, 5) is 13.0. The van der Waals surface area contributed by atoms with Gasteiger partial charge >= 0.3 is 5.97 Å². The molecule has 1 N–H and O–H groups in total. The quantitative estimate of drug-likeness (QED) is 0.823. The minimum absolute atomic E-state index is 0.294. The summed E-state index contributed by atoms with van der Waals surface area (Å²) in [5.41, 5.74) is 0. The fourth-order valence-electron chi connectivity index (χ4n) is 2.54. The van der Waals surface area contributed by atoms with Crippen molar-refractivity contribution in [2.24, 2.45) is 5.92 Å². The lowest BCUT2D eigenvalue weighted by Crippen LogP contribution is -2.37. The van der Waals surface area contributed by atoms with Gasteiger partial charge in [-0.3, -0.25) is 9.69 Å². The number of likely N-dealkylation sites (tertiary alicyclic amines) is 1. The Morgan fingerprint density at radius 2 is 2.14 bits per heavy atom. The molecule has 0 amide bonds. The normalized spacial score (nSPS) is 16.9. The molecule has 0 atom stereocenters. The number of aliphatic carboxylic acids is 1. The highest BCUT2D eigenvalue weighted by Crippen LogP contribution is 2.28. The Bertz CT molecular complexity index is 490. The van der Waals surface area contributed by atoms with E-state index in [1.54, 1.807) is 6.07 Å². The molecular weight excluding hydrogens is 358 g/mol. The van der Waals surface area contributed by atoms with Crippen LogP contribution in [0.25, 0.3) is 0 Å². The molecule has 2 rings (SSSR count). The third kappa shape index (κ3) is 5.49. The van der Waals surface area contributed by atoms with E-state index in [-0.39, 0.29) is 0 Å². The second kappa shape index (κ2) is 8.01. The number of carboxylic acids is 1. The number of nitrogens with zero attached hydrogens (tertiary/aromatic N) is 1. The van der Waals surface area contributed by atoms with Crippen molar-refractivity contribution in [1.29, 1.82) is 0 Å². The molecule has 0 aliphatic carbocycles. The van der Waals surface area contributed by atoms with Crippen LogP contribution in [0.4, 0.5) is 0 Å². The van der Waals surface area contributed by atoms with E-state index in [0.29, 0.717) is 24.0 Å². The van der Waals surface area contributed by atoms with Crippen LogP contribution in [0.5, 0.6) is 5.75 Å². The molecular formula is C15H19BrClNO3. The van der Waals surface area contributed by atoms with E-state index in [0.717, 1.165) is 42.7 Å². The molecule has 0 saturated carbocycles. The third-order valence-corrected chi connectivity index (χ3v) is 4.58. The Morgan fingerprint density at radius 3 is 2.76 bits per heavy atom. The molecule has 1 aromatic rings. The lowest BCUT2D eigenvalue weighted by molar-refractivity contribution is -0.138. The lowest BCUT2D eigenvalue weighted by Gasteiger charge is -2.31. The molecule has 4 nitrogen and oxygen atoms in total. The van der Waals surface area contributed by atoms with Gasteiger partial charge in [0.15, 0.2) is 0 Å². The van der Waals surface area contributed by atoms with E-state index in [4.69, 9.17) is 21.4 Å². The fourth-order valence-corrected chi connectivity index (χ4v) is 3.34. The van der Waals surface area contributed by atoms with Crippen LogP contribution in [0.1, 0.15) is 19.3 Å². The van der Waals surface area contributed by atoms with Gasteiger partial charge in [0.2, 0.25) is 0 Å². The number of piperidine rings is 1. The molecule has 1 aliphatic heterocycles. The van der Waals surface area contributed by atoms with Crippen LogP contribution in [-0.4, -0.2) is 42.2 Å². The summed E-state index contributed by atoms with van der Waals surface area (Å²) in [5, 5.41) is 9.47. The molecule has 1 fully saturated rings. The van der Waals surface area contributed by atoms with Crippen LogP contribution in [0, 0.1) is 5.92 Å². The van der Waals surface area contributed by atoms with Gasteiger partial charge in [-0.05, 0) is 66.0 Å². The highest BCUT2D eigenvalue weighted by molar-refractivity contribution is 9.10. The number of ether oxygens (including phenoxy) is 1. The van der Waals surface area contributed by atoms with Gasteiger partial charge in [-0.2, -0.15) is 0 Å². The van der Waals surface area contributed by atoms with E-state index < -0.39 is 5.97 Å². The van der Waals surface area contributed by atoms with Crippen LogP contribution in [0.2, 0.25) is 5.02 Å². The summed E-state index contributed by atoms with van der Waals surface area (Å²) < 4.78 is 6.60. The molecule has 116 valence electrons. The summed E-state index contributed by atoms with van der Waals surface area (Å²) in [5.74, 6) is 0.426. The summed E-state index contributed by atoms with van der Waals surface area (Å²) in [6.45, 7) is 3.37. The first-order valence-electron chi connectivity index (χ1n) is 7.06. The molecule has 1 heterocycles. The van der Waals surface area contributed by atoms with E-state index in [1.807, 2.05) is 12.1 Å². The topological polar surface area (TPSA) is 49.8 Å². The van der Waals surface area contributed by atoms with Gasteiger partial charge < -0.3 is 9.84 Å². The predicted molar refractivity (Wildman–Crippen MR) is 86.1 cm³/mol. The molecule has 1 aromatic carbocycles. The predicted octanol–water partition coefficient (Wildman–Crippen LogP) is 3.67. The third-order valence-electron chi connectivity index (χ3n) is 3.73. The summed E-state index contributed by atoms with van der Waals surface area (Å²) in [7, 11) is 0. The highest BCUT2D eigenvalue weighted by atomic mass is 79.9. The van der Waals surface area contributed by atoms with Crippen LogP contribution >= 0.6 is 27.5 Å². The second-order valence-electron chi connectivity index (χ2n) is 5.31. The Labute approximate surface area is 138 Å². The van der Waals surface area contributed by atoms with Crippen molar-refractivity contribution >= 4 is 33.5 Å². The first kappa shape index (κ1) is 16.6. The summed E-state index contributed by atoms with van der Waals surface area (Å²) in [6.07, 6.45) is 2.20. The van der Waals surface area contributed by atoms with Crippen molar-refractivity contribution in [3.8, 4) is 5.75 Å². The number of hydrogen-bond acceptors (Lipinski definition) is 3. The zero-order chi connectivity index (χ0) is 15.2. The minimum Gasteiger partial charge on any atom is -0.491 e. The average molecular weight is 377 g/mol. The van der Waals surface area contributed by atoms with E-state index in [1.165, 1.54) is 0 Å². The number of rotatable bonds is 6. The van der Waals surface area contributed by atoms with Crippen molar-refractivity contribution in [3.63, 3.8) is 0 Å². The van der Waals surface area contributed by atoms with Gasteiger partial charge in [0, 0.05) is 18.0 Å². The number of halogens is 2. The van der Waals surface area contributed by atoms with E-state index >= 15 is 0 Å². The zero-order valence-corrected chi connectivity index (χ0v) is 14.1. The largest absolute Gasteiger partial charge is 0.491 e. The SMILES string of the molecule is O=C(O)CC1CCN(CCOc2ccc(Cl)cc2Br)CC1. The maximum Gasteiger partial charge on any atom is 0.303 e. The van der Waals surface area contributed by atoms with Crippen LogP contribution in [0.15, 0.2) is 22.7 Å². The fraction of sp³-hybridized carbons (Fsp3) is 0.533. The Kier molecular flexibility index (Phi) is 6.33. The molecule has 21 heavy (non-hydrogen) atoms. The molecule has 0 spiro atoms. The Balaban J connectivity index is 1.69. The number of carbonyl (C=O) groups is 1. The van der Waals surface area contributed by atoms with Gasteiger partial charge in [0.05, 0.1) is 4.47 Å². The van der Waals surface area contributed by atoms with Crippen molar-refractivity contribution < 1.29 is 14.6 Å². The molecule has 6 heteroatoms. The lowest BCUT2D eigenvalue weighted by atomic mass is 9.94. The van der Waals surface area contributed by atoms with Gasteiger partial charge in [-0.1, -0.05) is 11.6 Å². The highest BCUT2D eigenvalue weighted by Gasteiger charge is 2.21. The first-order chi connectivity index (χ1) is 10.0. The maximum atomic E-state index is 10.7. The van der Waals surface area contributed by atoms with Crippen LogP contribution in [0.3, 0.4) is 0 Å². The molecule has 0 radical (unpaired) electrons. The number of carboxylic acid groups (broad SMARTS) is 1. The number of hydrogen-bond donors (Lipinski definition) is 1. The van der Waals surface area contributed by atoms with E-state index in [9.17, 15) is 4.79 Å². The van der Waals surface area contributed by atoms with Crippen molar-refractivity contribution in [3.05, 3.63) is 27.7 Å². The van der Waals surface area contributed by atoms with Crippen molar-refractivity contribution in [2.45, 2.75) is 19.3 Å². The minimum atomic E-state index is -0.690. The maximum absolute atomic E-state index is 10.7. The van der Waals surface area contributed by atoms with Gasteiger partial charge in [-0.15, -0.1) is 0 Å². The van der Waals surface area contributed by atoms with Gasteiger partial charge in [-0.25, -0.2) is 0 Å². The Morgan fingerprint density at radius 1 is 1.43 bits per heavy atom. The monoisotopic (exact) mass is 375 g/mol. The zero-order valence-electron chi connectivity index (χ0n) is 11.7. The first-order valence-corrected chi connectivity index (χ1v) is 8.23. The molecule has 1 saturated heterocycles. The van der Waals surface area contributed by atoms with Gasteiger partial charge in [0.25, 0.3) is 0 Å². The second-order valence-corrected chi connectivity index (χ2v) is 6.60. The molecule has 0 unspecified atom stereocenters. The smallest absolute Gasteiger partial charge is 0.303 e. The molecule has 0 bridgehead atoms. The average Bonchev–Trinajstić information content (AvgIpc) is 2.42. The van der Waals surface area contributed by atoms with Gasteiger partial charge in [0.1, 0.15) is 12.4 Å². The van der Waals surface area contributed by atoms with Crippen LogP contribution in [-0.2, 0) is 4.79 Å². The van der Waals surface area contributed by atoms with Crippen LogP contribution < -0.4 is 4.74 Å². The summed E-state index contributed by atoms with van der Waals surface area (Å²) >= 11 is 9.31. The van der Waals surface area contributed by atoms with Crippen molar-refractivity contribution in [2.75, 3.05) is 26.2 Å². The Hall–Kier alpha value is -0.780. The molecule has 1 aliphatic rings. The summed E-state index contributed by atoms with van der Waals surface area (Å²) in [6, 6.07) is 5.47. The molecule has 0 aromatic heterocycles.